The molecular formula is C14H12BrF2N. The number of rotatable bonds is 2. The van der Waals surface area contributed by atoms with Crippen LogP contribution >= 0.6 is 15.9 Å². The zero-order valence-corrected chi connectivity index (χ0v) is 11.3. The number of hydrogen-bond acceptors (Lipinski definition) is 1. The molecule has 0 aliphatic carbocycles. The van der Waals surface area contributed by atoms with E-state index in [9.17, 15) is 8.78 Å². The summed E-state index contributed by atoms with van der Waals surface area (Å²) in [5, 5.41) is 0. The average Bonchev–Trinajstić information content (AvgIpc) is 2.28. The second kappa shape index (κ2) is 5.16. The van der Waals surface area contributed by atoms with Gasteiger partial charge in [-0.25, -0.2) is 8.78 Å². The molecular weight excluding hydrogens is 300 g/mol. The second-order valence-corrected chi connectivity index (χ2v) is 5.02. The Balaban J connectivity index is 2.44. The summed E-state index contributed by atoms with van der Waals surface area (Å²) in [6.45, 7) is 1.96. The van der Waals surface area contributed by atoms with E-state index in [-0.39, 0.29) is 5.56 Å². The first-order valence-corrected chi connectivity index (χ1v) is 6.25. The van der Waals surface area contributed by atoms with Gasteiger partial charge in [0.1, 0.15) is 11.6 Å². The van der Waals surface area contributed by atoms with Crippen LogP contribution in [0.3, 0.4) is 0 Å². The van der Waals surface area contributed by atoms with Crippen LogP contribution in [-0.4, -0.2) is 0 Å². The first-order chi connectivity index (χ1) is 8.49. The quantitative estimate of drug-likeness (QED) is 0.888. The molecule has 0 radical (unpaired) electrons. The molecule has 18 heavy (non-hydrogen) atoms. The zero-order valence-electron chi connectivity index (χ0n) is 9.75. The third-order valence-electron chi connectivity index (χ3n) is 2.79. The summed E-state index contributed by atoms with van der Waals surface area (Å²) >= 11 is 3.41. The van der Waals surface area contributed by atoms with Gasteiger partial charge >= 0.3 is 0 Å². The molecule has 4 heteroatoms. The van der Waals surface area contributed by atoms with E-state index < -0.39 is 17.7 Å². The molecule has 0 aromatic heterocycles. The summed E-state index contributed by atoms with van der Waals surface area (Å²) in [5.74, 6) is -1.23. The van der Waals surface area contributed by atoms with Gasteiger partial charge in [0.25, 0.3) is 0 Å². The average molecular weight is 312 g/mol. The predicted molar refractivity (Wildman–Crippen MR) is 71.3 cm³/mol. The molecule has 0 fully saturated rings. The Kier molecular flexibility index (Phi) is 3.78. The lowest BCUT2D eigenvalue weighted by molar-refractivity contribution is 0.565. The van der Waals surface area contributed by atoms with Crippen LogP contribution < -0.4 is 5.73 Å². The van der Waals surface area contributed by atoms with Gasteiger partial charge in [-0.2, -0.15) is 0 Å². The second-order valence-electron chi connectivity index (χ2n) is 4.17. The van der Waals surface area contributed by atoms with Gasteiger partial charge in [-0.3, -0.25) is 0 Å². The van der Waals surface area contributed by atoms with E-state index in [2.05, 4.69) is 15.9 Å². The van der Waals surface area contributed by atoms with Crippen LogP contribution in [0.5, 0.6) is 0 Å². The van der Waals surface area contributed by atoms with Crippen molar-refractivity contribution in [2.75, 3.05) is 0 Å². The van der Waals surface area contributed by atoms with Crippen molar-refractivity contribution in [2.24, 2.45) is 5.73 Å². The van der Waals surface area contributed by atoms with Crippen molar-refractivity contribution in [3.8, 4) is 0 Å². The SMILES string of the molecule is Cc1ccc(C(N)c2ccc(F)cc2F)c(Br)c1. The molecule has 2 aromatic rings. The highest BCUT2D eigenvalue weighted by molar-refractivity contribution is 9.10. The van der Waals surface area contributed by atoms with Crippen molar-refractivity contribution in [1.29, 1.82) is 0 Å². The fourth-order valence-corrected chi connectivity index (χ4v) is 2.55. The fraction of sp³-hybridized carbons (Fsp3) is 0.143. The van der Waals surface area contributed by atoms with Crippen molar-refractivity contribution >= 4 is 15.9 Å². The molecule has 0 aliphatic rings. The molecule has 0 spiro atoms. The van der Waals surface area contributed by atoms with Gasteiger partial charge in [0.05, 0.1) is 6.04 Å². The number of aryl methyl sites for hydroxylation is 1. The topological polar surface area (TPSA) is 26.0 Å². The van der Waals surface area contributed by atoms with Crippen LogP contribution in [0.1, 0.15) is 22.7 Å². The smallest absolute Gasteiger partial charge is 0.131 e. The molecule has 1 nitrogen and oxygen atoms in total. The molecule has 1 atom stereocenters. The van der Waals surface area contributed by atoms with Crippen LogP contribution in [0, 0.1) is 18.6 Å². The first kappa shape index (κ1) is 13.2. The lowest BCUT2D eigenvalue weighted by Crippen LogP contribution is -2.14. The Morgan fingerprint density at radius 2 is 1.72 bits per heavy atom. The highest BCUT2D eigenvalue weighted by atomic mass is 79.9. The minimum absolute atomic E-state index is 0.279. The van der Waals surface area contributed by atoms with Crippen LogP contribution in [0.25, 0.3) is 0 Å². The molecule has 2 rings (SSSR count). The fourth-order valence-electron chi connectivity index (χ4n) is 1.81. The minimum atomic E-state index is -0.630. The Bertz CT molecular complexity index is 533. The molecule has 2 N–H and O–H groups in total. The first-order valence-electron chi connectivity index (χ1n) is 5.45. The van der Waals surface area contributed by atoms with E-state index in [1.165, 1.54) is 12.1 Å². The maximum atomic E-state index is 13.7. The van der Waals surface area contributed by atoms with Crippen molar-refractivity contribution in [3.05, 3.63) is 69.2 Å². The van der Waals surface area contributed by atoms with Gasteiger partial charge in [0, 0.05) is 16.1 Å². The monoisotopic (exact) mass is 311 g/mol. The highest BCUT2D eigenvalue weighted by Crippen LogP contribution is 2.29. The molecule has 2 aromatic carbocycles. The molecule has 94 valence electrons. The van der Waals surface area contributed by atoms with E-state index in [4.69, 9.17) is 5.73 Å². The lowest BCUT2D eigenvalue weighted by Gasteiger charge is -2.15. The van der Waals surface area contributed by atoms with E-state index in [1.807, 2.05) is 25.1 Å². The number of hydrogen-bond donors (Lipinski definition) is 1. The van der Waals surface area contributed by atoms with E-state index in [0.29, 0.717) is 0 Å². The third-order valence-corrected chi connectivity index (χ3v) is 3.48. The van der Waals surface area contributed by atoms with Gasteiger partial charge < -0.3 is 5.73 Å². The molecule has 0 bridgehead atoms. The van der Waals surface area contributed by atoms with Crippen molar-refractivity contribution in [3.63, 3.8) is 0 Å². The number of benzene rings is 2. The Labute approximate surface area is 113 Å². The summed E-state index contributed by atoms with van der Waals surface area (Å²) in [5.41, 5.74) is 8.15. The van der Waals surface area contributed by atoms with Crippen molar-refractivity contribution < 1.29 is 8.78 Å². The Hall–Kier alpha value is -1.26. The summed E-state index contributed by atoms with van der Waals surface area (Å²) in [7, 11) is 0. The van der Waals surface area contributed by atoms with Gasteiger partial charge in [0.15, 0.2) is 0 Å². The summed E-state index contributed by atoms with van der Waals surface area (Å²) in [6, 6.07) is 8.46. The molecule has 0 saturated carbocycles. The maximum Gasteiger partial charge on any atom is 0.131 e. The van der Waals surface area contributed by atoms with E-state index in [1.54, 1.807) is 0 Å². The summed E-state index contributed by atoms with van der Waals surface area (Å²) in [4.78, 5) is 0. The standard InChI is InChI=1S/C14H12BrF2N/c1-8-2-4-10(12(15)6-8)14(18)11-5-3-9(16)7-13(11)17/h2-7,14H,18H2,1H3. The molecule has 0 aliphatic heterocycles. The molecule has 0 saturated heterocycles. The zero-order chi connectivity index (χ0) is 13.3. The van der Waals surface area contributed by atoms with E-state index >= 15 is 0 Å². The Morgan fingerprint density at radius 1 is 1.06 bits per heavy atom. The minimum Gasteiger partial charge on any atom is -0.320 e. The van der Waals surface area contributed by atoms with Gasteiger partial charge in [0.2, 0.25) is 0 Å². The molecule has 0 heterocycles. The predicted octanol–water partition coefficient (Wildman–Crippen LogP) is 4.08. The molecule has 1 unspecified atom stereocenters. The van der Waals surface area contributed by atoms with Gasteiger partial charge in [-0.15, -0.1) is 0 Å². The summed E-state index contributed by atoms with van der Waals surface area (Å²) < 4.78 is 27.3. The van der Waals surface area contributed by atoms with Crippen LogP contribution in [-0.2, 0) is 0 Å². The normalized spacial score (nSPS) is 12.5. The van der Waals surface area contributed by atoms with Crippen molar-refractivity contribution in [2.45, 2.75) is 13.0 Å². The van der Waals surface area contributed by atoms with Gasteiger partial charge in [-0.05, 0) is 30.2 Å². The Morgan fingerprint density at radius 3 is 2.33 bits per heavy atom. The van der Waals surface area contributed by atoms with Crippen LogP contribution in [0.2, 0.25) is 0 Å². The van der Waals surface area contributed by atoms with Crippen LogP contribution in [0.4, 0.5) is 8.78 Å². The third kappa shape index (κ3) is 2.60. The van der Waals surface area contributed by atoms with Crippen LogP contribution in [0.15, 0.2) is 40.9 Å². The largest absolute Gasteiger partial charge is 0.320 e. The summed E-state index contributed by atoms with van der Waals surface area (Å²) in [6.07, 6.45) is 0. The number of nitrogens with two attached hydrogens (primary N) is 1. The lowest BCUT2D eigenvalue weighted by atomic mass is 9.98. The highest BCUT2D eigenvalue weighted by Gasteiger charge is 2.16. The van der Waals surface area contributed by atoms with E-state index in [0.717, 1.165) is 21.7 Å². The maximum absolute atomic E-state index is 13.7. The van der Waals surface area contributed by atoms with Crippen molar-refractivity contribution in [1.82, 2.24) is 0 Å². The van der Waals surface area contributed by atoms with Gasteiger partial charge in [-0.1, -0.05) is 34.1 Å². The number of halogens is 3. The molecule has 0 amide bonds.